The smallest absolute Gasteiger partial charge is 0.167 e. The van der Waals surface area contributed by atoms with E-state index in [0.717, 1.165) is 38.4 Å². The topological polar surface area (TPSA) is 110 Å². The molecule has 0 unspecified atom stereocenters. The molecule has 0 atom stereocenters. The summed E-state index contributed by atoms with van der Waals surface area (Å²) < 4.78 is 0. The summed E-state index contributed by atoms with van der Waals surface area (Å²) in [4.78, 5) is 25.4. The average molecular weight is 776 g/mol. The fourth-order valence-electron chi connectivity index (χ4n) is 6.18. The van der Waals surface area contributed by atoms with E-state index in [-0.39, 0.29) is 16.7 Å². The van der Waals surface area contributed by atoms with Gasteiger partial charge in [-0.25, -0.2) is 0 Å². The number of benzene rings is 6. The van der Waals surface area contributed by atoms with Crippen molar-refractivity contribution >= 4 is 67.9 Å². The van der Waals surface area contributed by atoms with Crippen molar-refractivity contribution in [2.45, 2.75) is 25.9 Å². The molecule has 0 aliphatic carbocycles. The number of hydrogen-bond donors (Lipinski definition) is 2. The third kappa shape index (κ3) is 9.60. The first kappa shape index (κ1) is 37.8. The summed E-state index contributed by atoms with van der Waals surface area (Å²) in [5, 5.41) is 26.8. The second kappa shape index (κ2) is 18.2. The van der Waals surface area contributed by atoms with Crippen LogP contribution in [-0.4, -0.2) is 32.0 Å². The minimum Gasteiger partial charge on any atom is -0.364 e. The first-order chi connectivity index (χ1) is 27.4. The molecule has 0 aliphatic rings. The molecule has 0 saturated carbocycles. The number of Topliss-reactive ketones (excluding diaryl/α,β-unsaturated/α-hetero) is 2. The lowest BCUT2D eigenvalue weighted by Crippen LogP contribution is -2.06. The minimum absolute atomic E-state index is 0.0415. The van der Waals surface area contributed by atoms with Gasteiger partial charge in [-0.1, -0.05) is 163 Å². The Hall–Kier alpha value is -6.48. The second-order valence-electron chi connectivity index (χ2n) is 13.0. The molecule has 0 amide bonds. The summed E-state index contributed by atoms with van der Waals surface area (Å²) in [5.41, 5.74) is 5.48. The quantitative estimate of drug-likeness (QED) is 0.118. The van der Waals surface area contributed by atoms with Gasteiger partial charge in [-0.3, -0.25) is 9.59 Å². The van der Waals surface area contributed by atoms with E-state index in [1.165, 1.54) is 0 Å². The van der Waals surface area contributed by atoms with Crippen molar-refractivity contribution in [2.24, 2.45) is 0 Å². The average Bonchev–Trinajstić information content (AvgIpc) is 3.25. The van der Waals surface area contributed by atoms with Crippen molar-refractivity contribution in [1.82, 2.24) is 20.4 Å². The first-order valence-corrected chi connectivity index (χ1v) is 18.8. The van der Waals surface area contributed by atoms with Crippen LogP contribution in [0.1, 0.15) is 43.0 Å². The number of nitrogens with one attached hydrogen (secondary N) is 2. The normalized spacial score (nSPS) is 10.8. The van der Waals surface area contributed by atoms with Crippen LogP contribution >= 0.6 is 23.2 Å². The Morgan fingerprint density at radius 3 is 1.25 bits per heavy atom. The number of hydrogen-bond acceptors (Lipinski definition) is 8. The van der Waals surface area contributed by atoms with Gasteiger partial charge in [-0.15, -0.1) is 20.4 Å². The van der Waals surface area contributed by atoms with Crippen molar-refractivity contribution in [3.8, 4) is 0 Å². The van der Waals surface area contributed by atoms with Gasteiger partial charge in [-0.2, -0.15) is 0 Å². The SMILES string of the molecule is O=C(Cc1ccccc1)c1ccc2c(Cl)nnc(NCc3ccccc3)c2c1.O=C(Cc1ccccc1)c1ccc2c(NCc3ccccc3)nnc(Cl)c2c1. The van der Waals surface area contributed by atoms with Crippen LogP contribution in [0.5, 0.6) is 0 Å². The number of rotatable bonds is 12. The number of anilines is 2. The van der Waals surface area contributed by atoms with Crippen LogP contribution in [0, 0.1) is 0 Å². The van der Waals surface area contributed by atoms with Crippen molar-refractivity contribution in [3.05, 3.63) is 201 Å². The van der Waals surface area contributed by atoms with Crippen LogP contribution in [-0.2, 0) is 25.9 Å². The van der Waals surface area contributed by atoms with Gasteiger partial charge in [0.2, 0.25) is 0 Å². The molecule has 0 bridgehead atoms. The molecule has 0 fully saturated rings. The van der Waals surface area contributed by atoms with E-state index in [1.54, 1.807) is 12.1 Å². The number of aromatic nitrogens is 4. The number of ketones is 2. The summed E-state index contributed by atoms with van der Waals surface area (Å²) in [6.07, 6.45) is 0.701. The molecular formula is C46H36Cl2N6O2. The number of nitrogens with zero attached hydrogens (tertiary/aromatic N) is 4. The summed E-state index contributed by atoms with van der Waals surface area (Å²) in [7, 11) is 0. The van der Waals surface area contributed by atoms with Gasteiger partial charge in [0.15, 0.2) is 33.5 Å². The van der Waals surface area contributed by atoms with E-state index in [0.29, 0.717) is 59.2 Å². The summed E-state index contributed by atoms with van der Waals surface area (Å²) in [6, 6.07) is 50.4. The van der Waals surface area contributed by atoms with Gasteiger partial charge in [0, 0.05) is 58.6 Å². The van der Waals surface area contributed by atoms with Gasteiger partial charge in [-0.05, 0) is 40.5 Å². The molecule has 0 radical (unpaired) electrons. The Morgan fingerprint density at radius 2 is 0.786 bits per heavy atom. The highest BCUT2D eigenvalue weighted by atomic mass is 35.5. The molecule has 10 heteroatoms. The van der Waals surface area contributed by atoms with Crippen molar-refractivity contribution in [3.63, 3.8) is 0 Å². The lowest BCUT2D eigenvalue weighted by Gasteiger charge is -2.10. The van der Waals surface area contributed by atoms with Gasteiger partial charge in [0.1, 0.15) is 0 Å². The standard InChI is InChI=1S/2C23H18ClN3O/c24-22-20-14-18(21(28)13-16-7-3-1-4-8-16)11-12-19(20)23(27-26-22)25-15-17-9-5-2-6-10-17;24-22-19-12-11-18(21(28)13-16-7-3-1-4-8-16)14-20(19)23(27-26-22)25-15-17-9-5-2-6-10-17/h2*1-12,14H,13,15H2,(H,25,27). The van der Waals surface area contributed by atoms with E-state index in [9.17, 15) is 9.59 Å². The summed E-state index contributed by atoms with van der Waals surface area (Å²) >= 11 is 12.5. The predicted molar refractivity (Wildman–Crippen MR) is 226 cm³/mol. The number of halogens is 2. The zero-order chi connectivity index (χ0) is 38.7. The zero-order valence-electron chi connectivity index (χ0n) is 30.2. The van der Waals surface area contributed by atoms with Gasteiger partial charge < -0.3 is 10.6 Å². The molecule has 8 nitrogen and oxygen atoms in total. The van der Waals surface area contributed by atoms with E-state index in [2.05, 4.69) is 31.0 Å². The van der Waals surface area contributed by atoms with Crippen LogP contribution in [0.15, 0.2) is 158 Å². The fourth-order valence-corrected chi connectivity index (χ4v) is 6.58. The maximum absolute atomic E-state index is 12.7. The summed E-state index contributed by atoms with van der Waals surface area (Å²) in [6.45, 7) is 1.23. The molecule has 0 saturated heterocycles. The number of carbonyl (C=O) groups excluding carboxylic acids is 2. The molecule has 8 rings (SSSR count). The Balaban J connectivity index is 0.000000172. The van der Waals surface area contributed by atoms with Crippen LogP contribution in [0.4, 0.5) is 11.6 Å². The van der Waals surface area contributed by atoms with Crippen molar-refractivity contribution in [2.75, 3.05) is 10.6 Å². The van der Waals surface area contributed by atoms with E-state index >= 15 is 0 Å². The third-order valence-electron chi connectivity index (χ3n) is 9.13. The number of fused-ring (bicyclic) bond motifs is 2. The molecule has 276 valence electrons. The molecular weight excluding hydrogens is 739 g/mol. The van der Waals surface area contributed by atoms with Crippen LogP contribution in [0.3, 0.4) is 0 Å². The molecule has 2 aromatic heterocycles. The molecule has 0 spiro atoms. The Morgan fingerprint density at radius 1 is 0.411 bits per heavy atom. The highest BCUT2D eigenvalue weighted by Gasteiger charge is 2.15. The molecule has 0 aliphatic heterocycles. The first-order valence-electron chi connectivity index (χ1n) is 18.0. The minimum atomic E-state index is 0.0415. The molecule has 2 N–H and O–H groups in total. The maximum atomic E-state index is 12.7. The monoisotopic (exact) mass is 774 g/mol. The van der Waals surface area contributed by atoms with E-state index in [1.807, 2.05) is 146 Å². The molecule has 8 aromatic rings. The largest absolute Gasteiger partial charge is 0.364 e. The van der Waals surface area contributed by atoms with Crippen LogP contribution < -0.4 is 10.6 Å². The molecule has 2 heterocycles. The summed E-state index contributed by atoms with van der Waals surface area (Å²) in [5.74, 6) is 1.35. The van der Waals surface area contributed by atoms with Gasteiger partial charge in [0.05, 0.1) is 0 Å². The Labute approximate surface area is 334 Å². The van der Waals surface area contributed by atoms with Gasteiger partial charge in [0.25, 0.3) is 0 Å². The lowest BCUT2D eigenvalue weighted by molar-refractivity contribution is 0.0985. The lowest BCUT2D eigenvalue weighted by atomic mass is 10.0. The van der Waals surface area contributed by atoms with Gasteiger partial charge >= 0.3 is 0 Å². The van der Waals surface area contributed by atoms with E-state index < -0.39 is 0 Å². The van der Waals surface area contributed by atoms with E-state index in [4.69, 9.17) is 23.2 Å². The van der Waals surface area contributed by atoms with Crippen molar-refractivity contribution < 1.29 is 9.59 Å². The zero-order valence-corrected chi connectivity index (χ0v) is 31.7. The number of carbonyl (C=O) groups is 2. The predicted octanol–water partition coefficient (Wildman–Crippen LogP) is 10.6. The van der Waals surface area contributed by atoms with Crippen LogP contribution in [0.25, 0.3) is 21.5 Å². The fraction of sp³-hybridized carbons (Fsp3) is 0.0870. The highest BCUT2D eigenvalue weighted by molar-refractivity contribution is 6.35. The highest BCUT2D eigenvalue weighted by Crippen LogP contribution is 2.29. The van der Waals surface area contributed by atoms with Crippen LogP contribution in [0.2, 0.25) is 10.3 Å². The Bertz CT molecular complexity index is 2590. The van der Waals surface area contributed by atoms with Crippen molar-refractivity contribution in [1.29, 1.82) is 0 Å². The molecule has 6 aromatic carbocycles. The Kier molecular flexibility index (Phi) is 12.3. The second-order valence-corrected chi connectivity index (χ2v) is 13.8. The molecule has 56 heavy (non-hydrogen) atoms. The maximum Gasteiger partial charge on any atom is 0.167 e. The third-order valence-corrected chi connectivity index (χ3v) is 9.69.